The number of methoxy groups -OCH3 is 1. The number of carbonyl (C=O) groups is 4. The number of phenols is 1. The molecule has 50 heavy (non-hydrogen) atoms. The third-order valence-electron chi connectivity index (χ3n) is 10.8. The van der Waals surface area contributed by atoms with Crippen molar-refractivity contribution in [3.8, 4) is 11.5 Å². The van der Waals surface area contributed by atoms with Crippen molar-refractivity contribution in [3.63, 3.8) is 0 Å². The highest BCUT2D eigenvalue weighted by molar-refractivity contribution is 7.09. The molecule has 254 valence electrons. The molecule has 2 aliphatic heterocycles. The molecule has 4 aliphatic rings. The Kier molecular flexibility index (Phi) is 7.80. The minimum Gasteiger partial charge on any atom is -0.508 e. The van der Waals surface area contributed by atoms with Gasteiger partial charge in [0.2, 0.25) is 11.8 Å². The molecule has 9 nitrogen and oxygen atoms in total. The topological polar surface area (TPSA) is 116 Å². The van der Waals surface area contributed by atoms with Gasteiger partial charge in [-0.05, 0) is 78.2 Å². The first-order valence-electron chi connectivity index (χ1n) is 16.2. The van der Waals surface area contributed by atoms with E-state index in [2.05, 4.69) is 5.43 Å². The number of halogens is 2. The lowest BCUT2D eigenvalue weighted by Gasteiger charge is -2.50. The summed E-state index contributed by atoms with van der Waals surface area (Å²) in [5, 5.41) is 14.9. The Labute approximate surface area is 295 Å². The van der Waals surface area contributed by atoms with Crippen LogP contribution in [0.25, 0.3) is 0 Å². The summed E-state index contributed by atoms with van der Waals surface area (Å²) in [7, 11) is 1.48. The fourth-order valence-corrected chi connectivity index (χ4v) is 9.49. The molecule has 0 unspecified atom stereocenters. The predicted octanol–water partition coefficient (Wildman–Crippen LogP) is 6.44. The average molecular weight is 712 g/mol. The monoisotopic (exact) mass is 711 g/mol. The number of carbonyl (C=O) groups excluding carboxylic acids is 4. The van der Waals surface area contributed by atoms with Crippen LogP contribution in [-0.4, -0.2) is 45.8 Å². The van der Waals surface area contributed by atoms with Crippen molar-refractivity contribution in [3.05, 3.63) is 123 Å². The van der Waals surface area contributed by atoms with Crippen LogP contribution in [0.15, 0.2) is 95.9 Å². The van der Waals surface area contributed by atoms with E-state index in [9.17, 15) is 23.9 Å². The molecule has 2 N–H and O–H groups in total. The SMILES string of the molecule is COc1ccc([C@H]2C3=CC[C@@H]4C(=O)N(Cc5cccs5)C(=O)[C@@H]4[C@@H]3C[C@H]3C(=O)N(Nc4ccc(F)cc4)C(=O)[C@@]23c2ccc(Cl)cc2)c(O)c1. The average Bonchev–Trinajstić information content (AvgIpc) is 3.78. The minimum absolute atomic E-state index is 0.0983. The number of phenolic OH excluding ortho intramolecular Hbond substituents is 1. The quantitative estimate of drug-likeness (QED) is 0.168. The molecular weight excluding hydrogens is 681 g/mol. The number of ether oxygens (including phenoxy) is 1. The number of allylic oxidation sites excluding steroid dienone is 2. The predicted molar refractivity (Wildman–Crippen MR) is 184 cm³/mol. The van der Waals surface area contributed by atoms with Crippen LogP contribution in [-0.2, 0) is 31.1 Å². The lowest BCUT2D eigenvalue weighted by molar-refractivity contribution is -0.141. The summed E-state index contributed by atoms with van der Waals surface area (Å²) < 4.78 is 19.2. The standard InChI is InChI=1S/C38H31ClFN3O6S/c1-49-24-12-13-27(31(44)17-24)33-26-14-15-28-32(36(47)42(34(28)45)19-25-3-2-16-50-25)29(26)18-30-35(46)43(41-23-10-8-22(40)9-11-23)37(48)38(30,33)20-4-6-21(39)7-5-20/h2-14,16-17,28-30,32-33,41,44H,15,18-19H2,1H3/t28-,29+,30-,32-,33+,38+/m0/s1. The van der Waals surface area contributed by atoms with Crippen LogP contribution in [0.5, 0.6) is 11.5 Å². The van der Waals surface area contributed by atoms with Crippen LogP contribution in [0.3, 0.4) is 0 Å². The zero-order valence-electron chi connectivity index (χ0n) is 26.7. The van der Waals surface area contributed by atoms with Crippen LogP contribution in [0.2, 0.25) is 5.02 Å². The number of nitrogens with zero attached hydrogens (tertiary/aromatic N) is 2. The van der Waals surface area contributed by atoms with E-state index in [1.165, 1.54) is 53.7 Å². The van der Waals surface area contributed by atoms with Crippen LogP contribution < -0.4 is 10.2 Å². The molecule has 3 aromatic carbocycles. The van der Waals surface area contributed by atoms with Gasteiger partial charge in [0.1, 0.15) is 17.3 Å². The number of amides is 4. The molecule has 1 saturated carbocycles. The Morgan fingerprint density at radius 2 is 1.74 bits per heavy atom. The Morgan fingerprint density at radius 1 is 0.980 bits per heavy atom. The number of likely N-dealkylation sites (tertiary alicyclic amines) is 1. The number of hydrazine groups is 1. The van der Waals surface area contributed by atoms with E-state index in [-0.39, 0.29) is 37.0 Å². The number of thiophene rings is 1. The Balaban J connectivity index is 1.32. The molecule has 0 radical (unpaired) electrons. The van der Waals surface area contributed by atoms with E-state index in [0.717, 1.165) is 9.89 Å². The summed E-state index contributed by atoms with van der Waals surface area (Å²) in [5.41, 5.74) is 3.23. The van der Waals surface area contributed by atoms with Crippen molar-refractivity contribution in [2.24, 2.45) is 23.7 Å². The second kappa shape index (κ2) is 12.1. The van der Waals surface area contributed by atoms with Gasteiger partial charge in [-0.3, -0.25) is 29.5 Å². The molecule has 4 amide bonds. The molecule has 6 atom stereocenters. The molecule has 3 fully saturated rings. The first-order chi connectivity index (χ1) is 24.1. The highest BCUT2D eigenvalue weighted by Crippen LogP contribution is 2.65. The first-order valence-corrected chi connectivity index (χ1v) is 17.5. The van der Waals surface area contributed by atoms with Crippen molar-refractivity contribution in [1.82, 2.24) is 9.91 Å². The van der Waals surface area contributed by atoms with Gasteiger partial charge in [-0.15, -0.1) is 11.3 Å². The fourth-order valence-electron chi connectivity index (χ4n) is 8.67. The maximum absolute atomic E-state index is 15.2. The van der Waals surface area contributed by atoms with Crippen LogP contribution >= 0.6 is 22.9 Å². The van der Waals surface area contributed by atoms with Crippen LogP contribution in [0.1, 0.15) is 34.8 Å². The summed E-state index contributed by atoms with van der Waals surface area (Å²) in [6.45, 7) is 0.165. The molecule has 2 aliphatic carbocycles. The van der Waals surface area contributed by atoms with Crippen molar-refractivity contribution >= 4 is 52.3 Å². The van der Waals surface area contributed by atoms with Crippen molar-refractivity contribution in [2.75, 3.05) is 12.5 Å². The molecule has 8 rings (SSSR count). The lowest BCUT2D eigenvalue weighted by atomic mass is 9.49. The maximum atomic E-state index is 15.2. The maximum Gasteiger partial charge on any atom is 0.260 e. The van der Waals surface area contributed by atoms with E-state index in [0.29, 0.717) is 33.2 Å². The highest BCUT2D eigenvalue weighted by Gasteiger charge is 2.70. The number of hydrogen-bond donors (Lipinski definition) is 2. The molecule has 2 saturated heterocycles. The molecule has 1 aromatic heterocycles. The van der Waals surface area contributed by atoms with E-state index in [1.54, 1.807) is 36.4 Å². The van der Waals surface area contributed by atoms with Crippen molar-refractivity contribution in [2.45, 2.75) is 30.7 Å². The number of hydrogen-bond acceptors (Lipinski definition) is 8. The lowest BCUT2D eigenvalue weighted by Crippen LogP contribution is -2.53. The summed E-state index contributed by atoms with van der Waals surface area (Å²) >= 11 is 7.80. The zero-order chi connectivity index (χ0) is 34.9. The normalized spacial score (nSPS) is 27.2. The Bertz CT molecular complexity index is 2070. The Morgan fingerprint density at radius 3 is 2.42 bits per heavy atom. The third-order valence-corrected chi connectivity index (χ3v) is 11.9. The number of rotatable bonds is 7. The van der Waals surface area contributed by atoms with Gasteiger partial charge in [0.05, 0.1) is 42.5 Å². The van der Waals surface area contributed by atoms with Crippen molar-refractivity contribution < 1.29 is 33.4 Å². The number of nitrogens with one attached hydrogen (secondary N) is 1. The largest absolute Gasteiger partial charge is 0.508 e. The van der Waals surface area contributed by atoms with Gasteiger partial charge in [-0.2, -0.15) is 5.01 Å². The molecule has 4 aromatic rings. The summed E-state index contributed by atoms with van der Waals surface area (Å²) in [6.07, 6.45) is 2.29. The Hall–Kier alpha value is -5.00. The van der Waals surface area contributed by atoms with Gasteiger partial charge in [0, 0.05) is 27.4 Å². The van der Waals surface area contributed by atoms with Gasteiger partial charge < -0.3 is 9.84 Å². The number of anilines is 1. The van der Waals surface area contributed by atoms with E-state index < -0.39 is 52.6 Å². The summed E-state index contributed by atoms with van der Waals surface area (Å²) in [6, 6.07) is 20.6. The van der Waals surface area contributed by atoms with Gasteiger partial charge in [0.25, 0.3) is 11.8 Å². The van der Waals surface area contributed by atoms with Crippen LogP contribution in [0, 0.1) is 29.5 Å². The van der Waals surface area contributed by atoms with E-state index in [1.807, 2.05) is 23.6 Å². The van der Waals surface area contributed by atoms with Crippen LogP contribution in [0.4, 0.5) is 10.1 Å². The van der Waals surface area contributed by atoms with E-state index >= 15 is 4.79 Å². The number of imide groups is 2. The second-order valence-electron chi connectivity index (χ2n) is 13.1. The number of aromatic hydroxyl groups is 1. The summed E-state index contributed by atoms with van der Waals surface area (Å²) in [4.78, 5) is 60.2. The van der Waals surface area contributed by atoms with Gasteiger partial charge in [0.15, 0.2) is 0 Å². The zero-order valence-corrected chi connectivity index (χ0v) is 28.3. The molecule has 3 heterocycles. The fraction of sp³-hybridized carbons (Fsp3) is 0.263. The smallest absolute Gasteiger partial charge is 0.260 e. The second-order valence-corrected chi connectivity index (χ2v) is 14.6. The first kappa shape index (κ1) is 32.2. The van der Waals surface area contributed by atoms with Crippen molar-refractivity contribution in [1.29, 1.82) is 0 Å². The van der Waals surface area contributed by atoms with Gasteiger partial charge in [-0.1, -0.05) is 47.5 Å². The minimum atomic E-state index is -1.60. The molecule has 0 bridgehead atoms. The van der Waals surface area contributed by atoms with Gasteiger partial charge >= 0.3 is 0 Å². The molecular formula is C38H31ClFN3O6S. The highest BCUT2D eigenvalue weighted by atomic mass is 35.5. The molecule has 0 spiro atoms. The number of fused-ring (bicyclic) bond motifs is 4. The third kappa shape index (κ3) is 4.78. The summed E-state index contributed by atoms with van der Waals surface area (Å²) in [5.74, 6) is -5.82. The molecule has 12 heteroatoms. The number of benzene rings is 3. The van der Waals surface area contributed by atoms with E-state index in [4.69, 9.17) is 16.3 Å². The van der Waals surface area contributed by atoms with Gasteiger partial charge in [-0.25, -0.2) is 4.39 Å².